The maximum atomic E-state index is 10.3. The molecule has 1 aliphatic carbocycles. The van der Waals surface area contributed by atoms with Crippen LogP contribution in [0.25, 0.3) is 0 Å². The van der Waals surface area contributed by atoms with Crippen LogP contribution < -0.4 is 5.73 Å². The number of aliphatic hydroxyl groups is 1. The van der Waals surface area contributed by atoms with Crippen molar-refractivity contribution in [2.45, 2.75) is 38.7 Å². The quantitative estimate of drug-likeness (QED) is 0.751. The van der Waals surface area contributed by atoms with Crippen LogP contribution in [0, 0.1) is 11.8 Å². The van der Waals surface area contributed by atoms with Crippen molar-refractivity contribution in [3.63, 3.8) is 0 Å². The standard InChI is InChI=1S/C14H21NO/c1-10-2-4-11(5-3-10)14(16)12-6-8-13(15)9-7-12/h6-11,14,16H,2-5,15H2,1H3. The van der Waals surface area contributed by atoms with Crippen molar-refractivity contribution in [2.24, 2.45) is 11.8 Å². The van der Waals surface area contributed by atoms with Gasteiger partial charge in [0.15, 0.2) is 0 Å². The first-order chi connectivity index (χ1) is 7.66. The van der Waals surface area contributed by atoms with Crippen molar-refractivity contribution in [1.82, 2.24) is 0 Å². The van der Waals surface area contributed by atoms with E-state index in [-0.39, 0.29) is 6.10 Å². The predicted octanol–water partition coefficient (Wildman–Crippen LogP) is 3.13. The van der Waals surface area contributed by atoms with Gasteiger partial charge in [0, 0.05) is 5.69 Å². The largest absolute Gasteiger partial charge is 0.399 e. The summed E-state index contributed by atoms with van der Waals surface area (Å²) in [6.07, 6.45) is 4.47. The number of rotatable bonds is 2. The van der Waals surface area contributed by atoms with Gasteiger partial charge in [-0.05, 0) is 42.4 Å². The van der Waals surface area contributed by atoms with E-state index in [2.05, 4.69) is 6.92 Å². The van der Waals surface area contributed by atoms with E-state index in [1.807, 2.05) is 24.3 Å². The highest BCUT2D eigenvalue weighted by Gasteiger charge is 2.25. The lowest BCUT2D eigenvalue weighted by atomic mass is 9.78. The van der Waals surface area contributed by atoms with Gasteiger partial charge in [0.25, 0.3) is 0 Å². The zero-order chi connectivity index (χ0) is 11.5. The summed E-state index contributed by atoms with van der Waals surface area (Å²) in [5.74, 6) is 1.26. The minimum absolute atomic E-state index is 0.312. The fourth-order valence-electron chi connectivity index (χ4n) is 2.57. The minimum atomic E-state index is -0.312. The smallest absolute Gasteiger partial charge is 0.0818 e. The lowest BCUT2D eigenvalue weighted by Gasteiger charge is -2.30. The van der Waals surface area contributed by atoms with E-state index in [9.17, 15) is 5.11 Å². The molecular weight excluding hydrogens is 198 g/mol. The Kier molecular flexibility index (Phi) is 3.49. The van der Waals surface area contributed by atoms with Crippen molar-refractivity contribution in [2.75, 3.05) is 5.73 Å². The van der Waals surface area contributed by atoms with Gasteiger partial charge < -0.3 is 10.8 Å². The second-order valence-corrected chi connectivity index (χ2v) is 5.13. The number of anilines is 1. The minimum Gasteiger partial charge on any atom is -0.399 e. The number of hydrogen-bond donors (Lipinski definition) is 2. The van der Waals surface area contributed by atoms with Gasteiger partial charge in [0.05, 0.1) is 6.10 Å². The van der Waals surface area contributed by atoms with E-state index in [1.165, 1.54) is 12.8 Å². The molecule has 2 heteroatoms. The molecule has 1 atom stereocenters. The van der Waals surface area contributed by atoms with Gasteiger partial charge >= 0.3 is 0 Å². The molecular formula is C14H21NO. The number of nitrogens with two attached hydrogens (primary N) is 1. The summed E-state index contributed by atoms with van der Waals surface area (Å²) in [7, 11) is 0. The van der Waals surface area contributed by atoms with Crippen LogP contribution in [0.2, 0.25) is 0 Å². The Balaban J connectivity index is 2.01. The summed E-state index contributed by atoms with van der Waals surface area (Å²) in [5.41, 5.74) is 7.41. The van der Waals surface area contributed by atoms with Crippen molar-refractivity contribution < 1.29 is 5.11 Å². The van der Waals surface area contributed by atoms with E-state index in [1.54, 1.807) is 0 Å². The Morgan fingerprint density at radius 1 is 1.12 bits per heavy atom. The first-order valence-corrected chi connectivity index (χ1v) is 6.20. The third kappa shape index (κ3) is 2.56. The highest BCUT2D eigenvalue weighted by molar-refractivity contribution is 5.39. The molecule has 0 saturated heterocycles. The second-order valence-electron chi connectivity index (χ2n) is 5.13. The predicted molar refractivity (Wildman–Crippen MR) is 66.9 cm³/mol. The van der Waals surface area contributed by atoms with Crippen LogP contribution in [-0.4, -0.2) is 5.11 Å². The molecule has 3 N–H and O–H groups in total. The molecule has 0 spiro atoms. The summed E-state index contributed by atoms with van der Waals surface area (Å²) in [6, 6.07) is 7.62. The molecule has 2 nitrogen and oxygen atoms in total. The number of benzene rings is 1. The second kappa shape index (κ2) is 4.88. The average molecular weight is 219 g/mol. The van der Waals surface area contributed by atoms with Gasteiger partial charge in [-0.1, -0.05) is 31.9 Å². The van der Waals surface area contributed by atoms with Crippen LogP contribution in [0.1, 0.15) is 44.3 Å². The van der Waals surface area contributed by atoms with Crippen molar-refractivity contribution >= 4 is 5.69 Å². The van der Waals surface area contributed by atoms with E-state index >= 15 is 0 Å². The molecule has 0 radical (unpaired) electrons. The van der Waals surface area contributed by atoms with Crippen molar-refractivity contribution in [3.8, 4) is 0 Å². The van der Waals surface area contributed by atoms with E-state index < -0.39 is 0 Å². The van der Waals surface area contributed by atoms with E-state index in [0.29, 0.717) is 5.92 Å². The third-order valence-corrected chi connectivity index (χ3v) is 3.79. The molecule has 0 aliphatic heterocycles. The lowest BCUT2D eigenvalue weighted by Crippen LogP contribution is -2.19. The van der Waals surface area contributed by atoms with Crippen molar-refractivity contribution in [1.29, 1.82) is 0 Å². The first-order valence-electron chi connectivity index (χ1n) is 6.20. The number of aliphatic hydroxyl groups excluding tert-OH is 1. The molecule has 1 saturated carbocycles. The van der Waals surface area contributed by atoms with Crippen LogP contribution in [0.5, 0.6) is 0 Å². The Morgan fingerprint density at radius 2 is 1.69 bits per heavy atom. The molecule has 1 unspecified atom stereocenters. The Hall–Kier alpha value is -1.02. The summed E-state index contributed by atoms with van der Waals surface area (Å²) in [6.45, 7) is 2.30. The maximum Gasteiger partial charge on any atom is 0.0818 e. The van der Waals surface area contributed by atoms with Crippen LogP contribution in [0.4, 0.5) is 5.69 Å². The fraction of sp³-hybridized carbons (Fsp3) is 0.571. The van der Waals surface area contributed by atoms with Gasteiger partial charge in [-0.15, -0.1) is 0 Å². The molecule has 0 bridgehead atoms. The molecule has 2 rings (SSSR count). The van der Waals surface area contributed by atoms with Gasteiger partial charge in [-0.2, -0.15) is 0 Å². The molecule has 1 aromatic carbocycles. The number of hydrogen-bond acceptors (Lipinski definition) is 2. The molecule has 0 heterocycles. The topological polar surface area (TPSA) is 46.2 Å². The monoisotopic (exact) mass is 219 g/mol. The molecule has 88 valence electrons. The summed E-state index contributed by atoms with van der Waals surface area (Å²) in [5, 5.41) is 10.3. The van der Waals surface area contributed by atoms with E-state index in [4.69, 9.17) is 5.73 Å². The zero-order valence-electron chi connectivity index (χ0n) is 9.89. The first kappa shape index (κ1) is 11.5. The number of nitrogen functional groups attached to an aromatic ring is 1. The van der Waals surface area contributed by atoms with E-state index in [0.717, 1.165) is 30.0 Å². The SMILES string of the molecule is CC1CCC(C(O)c2ccc(N)cc2)CC1. The highest BCUT2D eigenvalue weighted by atomic mass is 16.3. The Bertz CT molecular complexity index is 325. The Labute approximate surface area is 97.5 Å². The van der Waals surface area contributed by atoms with Crippen LogP contribution in [-0.2, 0) is 0 Å². The average Bonchev–Trinajstić information content (AvgIpc) is 2.30. The van der Waals surface area contributed by atoms with Crippen LogP contribution in [0.15, 0.2) is 24.3 Å². The molecule has 1 fully saturated rings. The highest BCUT2D eigenvalue weighted by Crippen LogP contribution is 2.36. The Morgan fingerprint density at radius 3 is 2.25 bits per heavy atom. The van der Waals surface area contributed by atoms with Crippen LogP contribution >= 0.6 is 0 Å². The molecule has 0 aromatic heterocycles. The lowest BCUT2D eigenvalue weighted by molar-refractivity contribution is 0.0756. The normalized spacial score (nSPS) is 27.6. The van der Waals surface area contributed by atoms with Gasteiger partial charge in [0.1, 0.15) is 0 Å². The van der Waals surface area contributed by atoms with Gasteiger partial charge in [-0.3, -0.25) is 0 Å². The van der Waals surface area contributed by atoms with Crippen molar-refractivity contribution in [3.05, 3.63) is 29.8 Å². The molecule has 16 heavy (non-hydrogen) atoms. The summed E-state index contributed by atoms with van der Waals surface area (Å²) < 4.78 is 0. The van der Waals surface area contributed by atoms with Crippen LogP contribution in [0.3, 0.4) is 0 Å². The molecule has 0 amide bonds. The zero-order valence-corrected chi connectivity index (χ0v) is 9.89. The fourth-order valence-corrected chi connectivity index (χ4v) is 2.57. The molecule has 1 aromatic rings. The third-order valence-electron chi connectivity index (χ3n) is 3.79. The molecule has 1 aliphatic rings. The van der Waals surface area contributed by atoms with Gasteiger partial charge in [-0.25, -0.2) is 0 Å². The summed E-state index contributed by atoms with van der Waals surface area (Å²) >= 11 is 0. The summed E-state index contributed by atoms with van der Waals surface area (Å²) in [4.78, 5) is 0. The maximum absolute atomic E-state index is 10.3. The van der Waals surface area contributed by atoms with Gasteiger partial charge in [0.2, 0.25) is 0 Å².